The second-order valence-electron chi connectivity index (χ2n) is 6.31. The topological polar surface area (TPSA) is 84.7 Å². The largest absolute Gasteiger partial charge is 0.479 e. The molecule has 7 heteroatoms. The summed E-state index contributed by atoms with van der Waals surface area (Å²) >= 11 is 0. The van der Waals surface area contributed by atoms with Crippen molar-refractivity contribution < 1.29 is 19.4 Å². The Hall–Kier alpha value is -2.67. The van der Waals surface area contributed by atoms with Gasteiger partial charge in [-0.25, -0.2) is 4.79 Å². The highest BCUT2D eigenvalue weighted by atomic mass is 16.5. The van der Waals surface area contributed by atoms with Crippen LogP contribution in [0.25, 0.3) is 0 Å². The molecule has 2 atom stereocenters. The number of anilines is 1. The average molecular weight is 343 g/mol. The summed E-state index contributed by atoms with van der Waals surface area (Å²) in [4.78, 5) is 25.7. The molecule has 1 aliphatic heterocycles. The highest BCUT2D eigenvalue weighted by Gasteiger charge is 2.37. The third kappa shape index (κ3) is 3.88. The molecule has 3 rings (SSSR count). The zero-order valence-corrected chi connectivity index (χ0v) is 14.3. The van der Waals surface area contributed by atoms with Crippen LogP contribution in [0.4, 0.5) is 5.69 Å². The molecule has 25 heavy (non-hydrogen) atoms. The number of aryl methyl sites for hydroxylation is 2. The molecule has 0 aliphatic carbocycles. The van der Waals surface area contributed by atoms with Crippen LogP contribution in [0.1, 0.15) is 24.0 Å². The van der Waals surface area contributed by atoms with Crippen molar-refractivity contribution in [2.45, 2.75) is 38.5 Å². The van der Waals surface area contributed by atoms with Gasteiger partial charge in [-0.2, -0.15) is 5.10 Å². The van der Waals surface area contributed by atoms with E-state index in [1.807, 2.05) is 44.4 Å². The number of hydrogen-bond donors (Lipinski definition) is 1. The summed E-state index contributed by atoms with van der Waals surface area (Å²) < 4.78 is 7.12. The maximum atomic E-state index is 13.0. The Morgan fingerprint density at radius 1 is 1.28 bits per heavy atom. The van der Waals surface area contributed by atoms with Gasteiger partial charge in [-0.1, -0.05) is 17.7 Å². The maximum absolute atomic E-state index is 13.0. The van der Waals surface area contributed by atoms with Crippen LogP contribution in [0.2, 0.25) is 0 Å². The summed E-state index contributed by atoms with van der Waals surface area (Å²) in [6.45, 7) is 2.34. The van der Waals surface area contributed by atoms with E-state index in [1.54, 1.807) is 15.8 Å². The van der Waals surface area contributed by atoms with Gasteiger partial charge >= 0.3 is 5.97 Å². The molecule has 1 aromatic heterocycles. The predicted molar refractivity (Wildman–Crippen MR) is 91.1 cm³/mol. The van der Waals surface area contributed by atoms with Gasteiger partial charge in [-0.15, -0.1) is 0 Å². The van der Waals surface area contributed by atoms with Crippen molar-refractivity contribution in [2.75, 3.05) is 4.90 Å². The van der Waals surface area contributed by atoms with Crippen LogP contribution in [0.15, 0.2) is 36.7 Å². The second-order valence-corrected chi connectivity index (χ2v) is 6.31. The van der Waals surface area contributed by atoms with E-state index < -0.39 is 18.2 Å². The molecule has 1 aliphatic rings. The van der Waals surface area contributed by atoms with Crippen LogP contribution in [0, 0.1) is 6.92 Å². The summed E-state index contributed by atoms with van der Waals surface area (Å²) in [6, 6.07) is 7.64. The Labute approximate surface area is 145 Å². The van der Waals surface area contributed by atoms with E-state index in [9.17, 15) is 9.59 Å². The number of aliphatic carboxylic acids is 1. The molecule has 132 valence electrons. The molecule has 1 saturated heterocycles. The third-order valence-corrected chi connectivity index (χ3v) is 4.28. The lowest BCUT2D eigenvalue weighted by molar-refractivity contribution is -0.151. The molecule has 7 nitrogen and oxygen atoms in total. The summed E-state index contributed by atoms with van der Waals surface area (Å²) in [5.41, 5.74) is 2.74. The Balaban J connectivity index is 1.84. The molecule has 0 saturated carbocycles. The molecule has 2 aromatic rings. The maximum Gasteiger partial charge on any atom is 0.332 e. The molecule has 1 fully saturated rings. The fraction of sp³-hybridized carbons (Fsp3) is 0.389. The number of carboxylic acids is 1. The van der Waals surface area contributed by atoms with Gasteiger partial charge in [0, 0.05) is 24.5 Å². The summed E-state index contributed by atoms with van der Waals surface area (Å²) in [5.74, 6) is -1.25. The molecular formula is C18H21N3O4. The molecule has 0 unspecified atom stereocenters. The van der Waals surface area contributed by atoms with E-state index in [0.717, 1.165) is 16.8 Å². The zero-order chi connectivity index (χ0) is 18.0. The number of carbonyl (C=O) groups excluding carboxylic acids is 1. The number of aromatic nitrogens is 2. The minimum Gasteiger partial charge on any atom is -0.479 e. The van der Waals surface area contributed by atoms with E-state index in [2.05, 4.69) is 5.10 Å². The SMILES string of the molecule is Cc1ccc(N(Cc2cnn(C)c2)C(=O)[C@@H]2CC[C@H](C(=O)O)O2)cc1. The summed E-state index contributed by atoms with van der Waals surface area (Å²) in [7, 11) is 1.82. The van der Waals surface area contributed by atoms with Crippen molar-refractivity contribution in [3.8, 4) is 0 Å². The van der Waals surface area contributed by atoms with Crippen LogP contribution >= 0.6 is 0 Å². The minimum absolute atomic E-state index is 0.226. The Morgan fingerprint density at radius 2 is 1.96 bits per heavy atom. The Kier molecular flexibility index (Phi) is 4.85. The Bertz CT molecular complexity index is 769. The summed E-state index contributed by atoms with van der Waals surface area (Å²) in [5, 5.41) is 13.2. The number of benzene rings is 1. The number of ether oxygens (including phenoxy) is 1. The quantitative estimate of drug-likeness (QED) is 0.896. The first kappa shape index (κ1) is 17.2. The molecular weight excluding hydrogens is 322 g/mol. The normalized spacial score (nSPS) is 19.8. The summed E-state index contributed by atoms with van der Waals surface area (Å²) in [6.07, 6.45) is 2.67. The third-order valence-electron chi connectivity index (χ3n) is 4.28. The molecule has 2 heterocycles. The van der Waals surface area contributed by atoms with Gasteiger partial charge in [0.25, 0.3) is 5.91 Å². The number of nitrogens with zero attached hydrogens (tertiary/aromatic N) is 3. The minimum atomic E-state index is -1.02. The number of hydrogen-bond acceptors (Lipinski definition) is 4. The fourth-order valence-corrected chi connectivity index (χ4v) is 2.93. The van der Waals surface area contributed by atoms with E-state index in [1.165, 1.54) is 0 Å². The van der Waals surface area contributed by atoms with Crippen molar-refractivity contribution in [2.24, 2.45) is 7.05 Å². The van der Waals surface area contributed by atoms with Crippen LogP contribution < -0.4 is 4.90 Å². The van der Waals surface area contributed by atoms with Crippen molar-refractivity contribution in [3.05, 3.63) is 47.8 Å². The first-order valence-corrected chi connectivity index (χ1v) is 8.18. The van der Waals surface area contributed by atoms with Crippen molar-refractivity contribution in [3.63, 3.8) is 0 Å². The molecule has 0 radical (unpaired) electrons. The number of rotatable bonds is 5. The van der Waals surface area contributed by atoms with Gasteiger partial charge in [-0.05, 0) is 31.9 Å². The first-order valence-electron chi connectivity index (χ1n) is 8.18. The standard InChI is InChI=1S/C18H21N3O4/c1-12-3-5-14(6-4-12)21(11-13-9-19-20(2)10-13)17(22)15-7-8-16(25-15)18(23)24/h3-6,9-10,15-16H,7-8,11H2,1-2H3,(H,23,24)/t15-,16+/m0/s1. The highest BCUT2D eigenvalue weighted by Crippen LogP contribution is 2.26. The van der Waals surface area contributed by atoms with E-state index in [-0.39, 0.29) is 5.91 Å². The lowest BCUT2D eigenvalue weighted by Gasteiger charge is -2.25. The molecule has 0 bridgehead atoms. The van der Waals surface area contributed by atoms with Gasteiger partial charge in [-0.3, -0.25) is 9.48 Å². The predicted octanol–water partition coefficient (Wildman–Crippen LogP) is 1.89. The van der Waals surface area contributed by atoms with E-state index in [4.69, 9.17) is 9.84 Å². The van der Waals surface area contributed by atoms with E-state index in [0.29, 0.717) is 19.4 Å². The number of amides is 1. The lowest BCUT2D eigenvalue weighted by atomic mass is 10.1. The molecule has 1 aromatic carbocycles. The lowest BCUT2D eigenvalue weighted by Crippen LogP contribution is -2.39. The molecule has 1 amide bonds. The van der Waals surface area contributed by atoms with Crippen LogP contribution in [0.3, 0.4) is 0 Å². The monoisotopic (exact) mass is 343 g/mol. The van der Waals surface area contributed by atoms with E-state index >= 15 is 0 Å². The average Bonchev–Trinajstić information content (AvgIpc) is 3.22. The molecule has 1 N–H and O–H groups in total. The fourth-order valence-electron chi connectivity index (χ4n) is 2.93. The van der Waals surface area contributed by atoms with Gasteiger partial charge in [0.2, 0.25) is 0 Å². The highest BCUT2D eigenvalue weighted by molar-refractivity contribution is 5.97. The first-order chi connectivity index (χ1) is 11.9. The van der Waals surface area contributed by atoms with Crippen LogP contribution in [0.5, 0.6) is 0 Å². The van der Waals surface area contributed by atoms with Crippen molar-refractivity contribution >= 4 is 17.6 Å². The number of carboxylic acid groups (broad SMARTS) is 1. The number of carbonyl (C=O) groups is 2. The van der Waals surface area contributed by atoms with Gasteiger partial charge in [0.15, 0.2) is 6.10 Å². The van der Waals surface area contributed by atoms with Gasteiger partial charge in [0.05, 0.1) is 12.7 Å². The van der Waals surface area contributed by atoms with Crippen LogP contribution in [-0.4, -0.2) is 39.0 Å². The van der Waals surface area contributed by atoms with Crippen LogP contribution in [-0.2, 0) is 27.9 Å². The van der Waals surface area contributed by atoms with Gasteiger partial charge < -0.3 is 14.7 Å². The smallest absolute Gasteiger partial charge is 0.332 e. The second kappa shape index (κ2) is 7.06. The van der Waals surface area contributed by atoms with Crippen molar-refractivity contribution in [1.29, 1.82) is 0 Å². The Morgan fingerprint density at radius 3 is 2.52 bits per heavy atom. The zero-order valence-electron chi connectivity index (χ0n) is 14.3. The van der Waals surface area contributed by atoms with Crippen molar-refractivity contribution in [1.82, 2.24) is 9.78 Å². The molecule has 0 spiro atoms. The van der Waals surface area contributed by atoms with Gasteiger partial charge in [0.1, 0.15) is 6.10 Å².